The molecule has 1 N–H and O–H groups in total. The summed E-state index contributed by atoms with van der Waals surface area (Å²) in [5.74, 6) is 1.15. The molecule has 0 aliphatic heterocycles. The first-order valence-corrected chi connectivity index (χ1v) is 9.35. The molecule has 25 heavy (non-hydrogen) atoms. The van der Waals surface area contributed by atoms with E-state index in [-0.39, 0.29) is 11.8 Å². The van der Waals surface area contributed by atoms with Crippen molar-refractivity contribution in [1.29, 1.82) is 0 Å². The van der Waals surface area contributed by atoms with E-state index in [1.165, 1.54) is 0 Å². The largest absolute Gasteiger partial charge is 0.339 e. The Kier molecular flexibility index (Phi) is 7.47. The van der Waals surface area contributed by atoms with E-state index >= 15 is 0 Å². The molecule has 2 amide bonds. The van der Waals surface area contributed by atoms with Crippen molar-refractivity contribution in [3.63, 3.8) is 0 Å². The summed E-state index contributed by atoms with van der Waals surface area (Å²) >= 11 is 1.55. The molecule has 0 radical (unpaired) electrons. The van der Waals surface area contributed by atoms with Crippen LogP contribution in [0.25, 0.3) is 0 Å². The zero-order valence-corrected chi connectivity index (χ0v) is 15.4. The second kappa shape index (κ2) is 9.84. The molecule has 2 aromatic rings. The van der Waals surface area contributed by atoms with Crippen molar-refractivity contribution in [2.75, 3.05) is 17.6 Å². The van der Waals surface area contributed by atoms with Gasteiger partial charge in [0, 0.05) is 43.8 Å². The summed E-state index contributed by atoms with van der Waals surface area (Å²) in [4.78, 5) is 29.4. The van der Waals surface area contributed by atoms with Gasteiger partial charge in [0.15, 0.2) is 0 Å². The van der Waals surface area contributed by atoms with Gasteiger partial charge in [-0.3, -0.25) is 14.6 Å². The maximum absolute atomic E-state index is 12.1. The molecule has 0 atom stereocenters. The SMILES string of the molecule is CCN(Cc1cccc(NC(=O)CSCc2cccnc2)c1)C(C)=O. The molecule has 0 aliphatic rings. The van der Waals surface area contributed by atoms with Gasteiger partial charge in [-0.1, -0.05) is 18.2 Å². The average molecular weight is 357 g/mol. The zero-order chi connectivity index (χ0) is 18.1. The number of carbonyl (C=O) groups is 2. The highest BCUT2D eigenvalue weighted by atomic mass is 32.2. The van der Waals surface area contributed by atoms with E-state index in [4.69, 9.17) is 0 Å². The molecular weight excluding hydrogens is 334 g/mol. The number of hydrogen-bond acceptors (Lipinski definition) is 4. The third-order valence-corrected chi connectivity index (χ3v) is 4.64. The molecule has 0 unspecified atom stereocenters. The van der Waals surface area contributed by atoms with Crippen molar-refractivity contribution in [3.8, 4) is 0 Å². The smallest absolute Gasteiger partial charge is 0.234 e. The number of carbonyl (C=O) groups excluding carboxylic acids is 2. The molecule has 1 aromatic heterocycles. The van der Waals surface area contributed by atoms with Crippen molar-refractivity contribution in [2.45, 2.75) is 26.1 Å². The van der Waals surface area contributed by atoms with E-state index in [9.17, 15) is 9.59 Å². The molecule has 1 aromatic carbocycles. The van der Waals surface area contributed by atoms with E-state index < -0.39 is 0 Å². The number of amides is 2. The summed E-state index contributed by atoms with van der Waals surface area (Å²) in [6, 6.07) is 11.5. The van der Waals surface area contributed by atoms with Crippen LogP contribution in [0.4, 0.5) is 5.69 Å². The molecular formula is C19H23N3O2S. The minimum Gasteiger partial charge on any atom is -0.339 e. The number of anilines is 1. The Bertz CT molecular complexity index is 707. The van der Waals surface area contributed by atoms with Crippen LogP contribution in [-0.4, -0.2) is 34.0 Å². The number of nitrogens with one attached hydrogen (secondary N) is 1. The Morgan fingerprint density at radius 2 is 2.00 bits per heavy atom. The van der Waals surface area contributed by atoms with Gasteiger partial charge in [-0.05, 0) is 36.2 Å². The second-order valence-corrected chi connectivity index (χ2v) is 6.62. The predicted octanol–water partition coefficient (Wildman–Crippen LogP) is 3.32. The van der Waals surface area contributed by atoms with Gasteiger partial charge in [-0.25, -0.2) is 0 Å². The van der Waals surface area contributed by atoms with Gasteiger partial charge in [0.25, 0.3) is 0 Å². The fourth-order valence-corrected chi connectivity index (χ4v) is 3.12. The molecule has 2 rings (SSSR count). The topological polar surface area (TPSA) is 62.3 Å². The first-order chi connectivity index (χ1) is 12.1. The van der Waals surface area contributed by atoms with Crippen molar-refractivity contribution >= 4 is 29.3 Å². The number of benzene rings is 1. The van der Waals surface area contributed by atoms with Gasteiger partial charge in [-0.2, -0.15) is 0 Å². The van der Waals surface area contributed by atoms with Crippen LogP contribution in [0.1, 0.15) is 25.0 Å². The van der Waals surface area contributed by atoms with E-state index in [0.29, 0.717) is 18.8 Å². The van der Waals surface area contributed by atoms with E-state index in [0.717, 1.165) is 22.6 Å². The van der Waals surface area contributed by atoms with Crippen LogP contribution in [0.2, 0.25) is 0 Å². The van der Waals surface area contributed by atoms with Crippen molar-refractivity contribution in [2.24, 2.45) is 0 Å². The number of pyridine rings is 1. The van der Waals surface area contributed by atoms with Crippen LogP contribution in [0.3, 0.4) is 0 Å². The highest BCUT2D eigenvalue weighted by Gasteiger charge is 2.08. The zero-order valence-electron chi connectivity index (χ0n) is 14.6. The summed E-state index contributed by atoms with van der Waals surface area (Å²) in [6.45, 7) is 4.73. The number of rotatable bonds is 8. The highest BCUT2D eigenvalue weighted by Crippen LogP contribution is 2.15. The van der Waals surface area contributed by atoms with Crippen molar-refractivity contribution < 1.29 is 9.59 Å². The number of nitrogens with zero attached hydrogens (tertiary/aromatic N) is 2. The summed E-state index contributed by atoms with van der Waals surface area (Å²) in [5, 5.41) is 2.91. The predicted molar refractivity (Wildman–Crippen MR) is 102 cm³/mol. The molecule has 0 aliphatic carbocycles. The van der Waals surface area contributed by atoms with Gasteiger partial charge >= 0.3 is 0 Å². The molecule has 0 bridgehead atoms. The summed E-state index contributed by atoms with van der Waals surface area (Å²) in [7, 11) is 0. The molecule has 6 heteroatoms. The van der Waals surface area contributed by atoms with E-state index in [1.54, 1.807) is 29.8 Å². The minimum atomic E-state index is -0.0371. The lowest BCUT2D eigenvalue weighted by Gasteiger charge is -2.19. The van der Waals surface area contributed by atoms with E-state index in [1.807, 2.05) is 49.5 Å². The summed E-state index contributed by atoms with van der Waals surface area (Å²) in [6.07, 6.45) is 3.54. The molecule has 0 fully saturated rings. The lowest BCUT2D eigenvalue weighted by Crippen LogP contribution is -2.27. The first-order valence-electron chi connectivity index (χ1n) is 8.19. The van der Waals surface area contributed by atoms with Gasteiger partial charge < -0.3 is 10.2 Å². The summed E-state index contributed by atoms with van der Waals surface area (Å²) in [5.41, 5.74) is 2.85. The first kappa shape index (κ1) is 19.0. The Morgan fingerprint density at radius 1 is 1.20 bits per heavy atom. The Hall–Kier alpha value is -2.34. The van der Waals surface area contributed by atoms with Crippen LogP contribution in [0.15, 0.2) is 48.8 Å². The Balaban J connectivity index is 1.84. The molecule has 5 nitrogen and oxygen atoms in total. The lowest BCUT2D eigenvalue weighted by atomic mass is 10.2. The number of thioether (sulfide) groups is 1. The van der Waals surface area contributed by atoms with Gasteiger partial charge in [0.05, 0.1) is 5.75 Å². The quantitative estimate of drug-likeness (QED) is 0.787. The van der Waals surface area contributed by atoms with E-state index in [2.05, 4.69) is 10.3 Å². The van der Waals surface area contributed by atoms with Crippen LogP contribution in [0.5, 0.6) is 0 Å². The maximum Gasteiger partial charge on any atom is 0.234 e. The fourth-order valence-electron chi connectivity index (χ4n) is 2.36. The van der Waals surface area contributed by atoms with Crippen LogP contribution in [-0.2, 0) is 21.9 Å². The standard InChI is InChI=1S/C19H23N3O2S/c1-3-22(15(2)23)12-16-6-4-8-18(10-16)21-19(24)14-25-13-17-7-5-9-20-11-17/h4-11H,3,12-14H2,1-2H3,(H,21,24). The minimum absolute atomic E-state index is 0.0371. The monoisotopic (exact) mass is 357 g/mol. The Labute approximate surface area is 152 Å². The van der Waals surface area contributed by atoms with Crippen molar-refractivity contribution in [1.82, 2.24) is 9.88 Å². The van der Waals surface area contributed by atoms with Crippen molar-refractivity contribution in [3.05, 3.63) is 59.9 Å². The lowest BCUT2D eigenvalue weighted by molar-refractivity contribution is -0.129. The molecule has 132 valence electrons. The number of aromatic nitrogens is 1. The van der Waals surface area contributed by atoms with Gasteiger partial charge in [0.2, 0.25) is 11.8 Å². The normalized spacial score (nSPS) is 10.3. The second-order valence-electron chi connectivity index (χ2n) is 5.64. The maximum atomic E-state index is 12.1. The number of hydrogen-bond donors (Lipinski definition) is 1. The molecule has 0 saturated heterocycles. The third kappa shape index (κ3) is 6.58. The fraction of sp³-hybridized carbons (Fsp3) is 0.316. The van der Waals surface area contributed by atoms with Crippen LogP contribution in [0, 0.1) is 0 Å². The third-order valence-electron chi connectivity index (χ3n) is 3.64. The molecule has 1 heterocycles. The summed E-state index contributed by atoms with van der Waals surface area (Å²) < 4.78 is 0. The highest BCUT2D eigenvalue weighted by molar-refractivity contribution is 7.99. The van der Waals surface area contributed by atoms with Crippen LogP contribution >= 0.6 is 11.8 Å². The molecule has 0 saturated carbocycles. The average Bonchev–Trinajstić information content (AvgIpc) is 2.60. The van der Waals surface area contributed by atoms with Gasteiger partial charge in [-0.15, -0.1) is 11.8 Å². The Morgan fingerprint density at radius 3 is 2.68 bits per heavy atom. The molecule has 0 spiro atoms. The van der Waals surface area contributed by atoms with Gasteiger partial charge in [0.1, 0.15) is 0 Å². The van der Waals surface area contributed by atoms with Crippen LogP contribution < -0.4 is 5.32 Å².